The molecule has 14 heavy (non-hydrogen) atoms. The van der Waals surface area contributed by atoms with E-state index in [2.05, 4.69) is 25.7 Å². The minimum Gasteiger partial charge on any atom is -0.417 e. The highest BCUT2D eigenvalue weighted by atomic mass is 35.5. The fourth-order valence-corrected chi connectivity index (χ4v) is 2.09. The molecule has 0 N–H and O–H groups in total. The molecule has 0 fully saturated rings. The molecular formula is C11H17ClOSi. The van der Waals surface area contributed by atoms with Crippen LogP contribution >= 0.6 is 11.6 Å². The molecule has 0 bridgehead atoms. The quantitative estimate of drug-likeness (QED) is 0.714. The first-order valence-corrected chi connectivity index (χ1v) is 8.64. The van der Waals surface area contributed by atoms with E-state index in [0.29, 0.717) is 0 Å². The van der Waals surface area contributed by atoms with Crippen molar-refractivity contribution in [3.63, 3.8) is 0 Å². The zero-order valence-corrected chi connectivity index (χ0v) is 10.8. The minimum atomic E-state index is -1.36. The Kier molecular flexibility index (Phi) is 4.17. The largest absolute Gasteiger partial charge is 0.417 e. The Morgan fingerprint density at radius 2 is 2.00 bits per heavy atom. The van der Waals surface area contributed by atoms with Crippen molar-refractivity contribution in [1.82, 2.24) is 0 Å². The molecule has 1 rings (SSSR count). The van der Waals surface area contributed by atoms with E-state index in [4.69, 9.17) is 16.0 Å². The van der Waals surface area contributed by atoms with E-state index >= 15 is 0 Å². The van der Waals surface area contributed by atoms with Crippen molar-refractivity contribution >= 4 is 19.9 Å². The van der Waals surface area contributed by atoms with Crippen LogP contribution < -0.4 is 0 Å². The van der Waals surface area contributed by atoms with Crippen molar-refractivity contribution < 1.29 is 4.43 Å². The van der Waals surface area contributed by atoms with Gasteiger partial charge in [0.15, 0.2) is 8.32 Å². The van der Waals surface area contributed by atoms with E-state index in [1.807, 2.05) is 18.2 Å². The second kappa shape index (κ2) is 4.96. The van der Waals surface area contributed by atoms with Gasteiger partial charge in [0.1, 0.15) is 0 Å². The number of halogens is 1. The molecule has 0 aromatic heterocycles. The Hall–Kier alpha value is -0.313. The summed E-state index contributed by atoms with van der Waals surface area (Å²) in [5, 5.41) is 0.801. The van der Waals surface area contributed by atoms with Crippen LogP contribution in [-0.4, -0.2) is 14.9 Å². The topological polar surface area (TPSA) is 9.23 Å². The summed E-state index contributed by atoms with van der Waals surface area (Å²) in [6, 6.07) is 7.95. The van der Waals surface area contributed by atoms with Crippen LogP contribution in [-0.2, 0) is 10.8 Å². The molecule has 0 aliphatic heterocycles. The molecule has 0 heterocycles. The lowest BCUT2D eigenvalue weighted by atomic mass is 10.2. The minimum absolute atomic E-state index is 0.801. The molecule has 0 amide bonds. The van der Waals surface area contributed by atoms with E-state index in [9.17, 15) is 0 Å². The summed E-state index contributed by atoms with van der Waals surface area (Å²) < 4.78 is 5.77. The van der Waals surface area contributed by atoms with Crippen LogP contribution in [0.25, 0.3) is 0 Å². The van der Waals surface area contributed by atoms with E-state index in [0.717, 1.165) is 18.1 Å². The summed E-state index contributed by atoms with van der Waals surface area (Å²) in [6.45, 7) is 7.40. The standard InChI is InChI=1S/C11H17ClOSi/c1-14(2,3)13-8-7-10-5-4-6-11(12)9-10/h4-6,9H,7-8H2,1-3H3. The Morgan fingerprint density at radius 1 is 1.29 bits per heavy atom. The van der Waals surface area contributed by atoms with Crippen LogP contribution in [0.1, 0.15) is 5.56 Å². The highest BCUT2D eigenvalue weighted by molar-refractivity contribution is 6.69. The second-order valence-electron chi connectivity index (χ2n) is 4.34. The molecule has 0 radical (unpaired) electrons. The summed E-state index contributed by atoms with van der Waals surface area (Å²) in [5.41, 5.74) is 1.25. The third-order valence-corrected chi connectivity index (χ3v) is 3.12. The smallest absolute Gasteiger partial charge is 0.183 e. The Labute approximate surface area is 92.2 Å². The predicted molar refractivity (Wildman–Crippen MR) is 64.5 cm³/mol. The van der Waals surface area contributed by atoms with E-state index in [-0.39, 0.29) is 0 Å². The van der Waals surface area contributed by atoms with Crippen molar-refractivity contribution in [3.8, 4) is 0 Å². The first-order valence-electron chi connectivity index (χ1n) is 4.86. The number of rotatable bonds is 4. The van der Waals surface area contributed by atoms with Gasteiger partial charge in [0, 0.05) is 11.6 Å². The lowest BCUT2D eigenvalue weighted by Gasteiger charge is -2.16. The lowest BCUT2D eigenvalue weighted by molar-refractivity contribution is 0.316. The van der Waals surface area contributed by atoms with Crippen molar-refractivity contribution in [3.05, 3.63) is 34.9 Å². The molecule has 0 spiro atoms. The highest BCUT2D eigenvalue weighted by Crippen LogP contribution is 2.12. The number of benzene rings is 1. The Balaban J connectivity index is 2.39. The van der Waals surface area contributed by atoms with Gasteiger partial charge in [-0.1, -0.05) is 23.7 Å². The summed E-state index contributed by atoms with van der Waals surface area (Å²) in [6.07, 6.45) is 0.949. The number of hydrogen-bond acceptors (Lipinski definition) is 1. The zero-order chi connectivity index (χ0) is 10.6. The van der Waals surface area contributed by atoms with Crippen LogP contribution in [0, 0.1) is 0 Å². The van der Waals surface area contributed by atoms with Crippen molar-refractivity contribution in [2.24, 2.45) is 0 Å². The molecule has 78 valence electrons. The van der Waals surface area contributed by atoms with E-state index < -0.39 is 8.32 Å². The van der Waals surface area contributed by atoms with E-state index in [1.165, 1.54) is 5.56 Å². The number of hydrogen-bond donors (Lipinski definition) is 0. The molecule has 3 heteroatoms. The van der Waals surface area contributed by atoms with Crippen molar-refractivity contribution in [1.29, 1.82) is 0 Å². The van der Waals surface area contributed by atoms with Crippen LogP contribution in [0.3, 0.4) is 0 Å². The van der Waals surface area contributed by atoms with Gasteiger partial charge in [0.2, 0.25) is 0 Å². The summed E-state index contributed by atoms with van der Waals surface area (Å²) in [7, 11) is -1.36. The van der Waals surface area contributed by atoms with Gasteiger partial charge in [-0.25, -0.2) is 0 Å². The van der Waals surface area contributed by atoms with Crippen LogP contribution in [0.5, 0.6) is 0 Å². The van der Waals surface area contributed by atoms with Crippen LogP contribution in [0.4, 0.5) is 0 Å². The van der Waals surface area contributed by atoms with E-state index in [1.54, 1.807) is 0 Å². The van der Waals surface area contributed by atoms with Crippen molar-refractivity contribution in [2.75, 3.05) is 6.61 Å². The fraction of sp³-hybridized carbons (Fsp3) is 0.455. The first-order chi connectivity index (χ1) is 6.47. The average Bonchev–Trinajstić information content (AvgIpc) is 2.01. The first kappa shape index (κ1) is 11.8. The molecule has 0 unspecified atom stereocenters. The maximum atomic E-state index is 5.88. The average molecular weight is 229 g/mol. The maximum Gasteiger partial charge on any atom is 0.183 e. The lowest BCUT2D eigenvalue weighted by Crippen LogP contribution is -2.26. The summed E-state index contributed by atoms with van der Waals surface area (Å²) in [5.74, 6) is 0. The highest BCUT2D eigenvalue weighted by Gasteiger charge is 2.13. The van der Waals surface area contributed by atoms with Crippen LogP contribution in [0.15, 0.2) is 24.3 Å². The third-order valence-electron chi connectivity index (χ3n) is 1.81. The van der Waals surface area contributed by atoms with Gasteiger partial charge in [0.25, 0.3) is 0 Å². The maximum absolute atomic E-state index is 5.88. The molecule has 1 nitrogen and oxygen atoms in total. The monoisotopic (exact) mass is 228 g/mol. The Morgan fingerprint density at radius 3 is 2.57 bits per heavy atom. The molecule has 0 atom stereocenters. The van der Waals surface area contributed by atoms with Gasteiger partial charge in [-0.2, -0.15) is 0 Å². The normalized spacial score (nSPS) is 11.7. The summed E-state index contributed by atoms with van der Waals surface area (Å²) in [4.78, 5) is 0. The Bertz CT molecular complexity index is 294. The van der Waals surface area contributed by atoms with Gasteiger partial charge in [0.05, 0.1) is 0 Å². The molecule has 1 aromatic rings. The molecule has 0 aliphatic carbocycles. The van der Waals surface area contributed by atoms with Crippen LogP contribution in [0.2, 0.25) is 24.7 Å². The summed E-state index contributed by atoms with van der Waals surface area (Å²) >= 11 is 5.88. The zero-order valence-electron chi connectivity index (χ0n) is 9.01. The van der Waals surface area contributed by atoms with Gasteiger partial charge >= 0.3 is 0 Å². The van der Waals surface area contributed by atoms with Gasteiger partial charge in [-0.15, -0.1) is 0 Å². The second-order valence-corrected chi connectivity index (χ2v) is 9.29. The SMILES string of the molecule is C[Si](C)(C)OCCc1cccc(Cl)c1. The third kappa shape index (κ3) is 4.79. The van der Waals surface area contributed by atoms with Crippen molar-refractivity contribution in [2.45, 2.75) is 26.1 Å². The predicted octanol–water partition coefficient (Wildman–Crippen LogP) is 3.73. The molecule has 0 aliphatic rings. The van der Waals surface area contributed by atoms with Gasteiger partial charge in [-0.05, 0) is 43.8 Å². The molecule has 0 saturated carbocycles. The fourth-order valence-electron chi connectivity index (χ4n) is 1.17. The van der Waals surface area contributed by atoms with Gasteiger partial charge < -0.3 is 4.43 Å². The molecule has 0 saturated heterocycles. The van der Waals surface area contributed by atoms with Gasteiger partial charge in [-0.3, -0.25) is 0 Å². The molecule has 1 aromatic carbocycles. The molecular weight excluding hydrogens is 212 g/mol.